The molecule has 0 aliphatic carbocycles. The lowest BCUT2D eigenvalue weighted by Crippen LogP contribution is -2.24. The second kappa shape index (κ2) is 8.46. The monoisotopic (exact) mass is 334 g/mol. The van der Waals surface area contributed by atoms with Crippen molar-refractivity contribution in [3.05, 3.63) is 89.3 Å². The summed E-state index contributed by atoms with van der Waals surface area (Å²) in [6, 6.07) is 17.7. The third-order valence-electron chi connectivity index (χ3n) is 3.86. The molecule has 0 unspecified atom stereocenters. The van der Waals surface area contributed by atoms with Crippen molar-refractivity contribution in [3.63, 3.8) is 0 Å². The molecule has 0 aliphatic rings. The number of aromatic nitrogens is 3. The Bertz CT molecular complexity index is 808. The Labute approximate surface area is 148 Å². The maximum Gasteiger partial charge on any atom is 0.0853 e. The highest BCUT2D eigenvalue weighted by molar-refractivity contribution is 5.13. The minimum absolute atomic E-state index is 0.0481. The second-order valence-electron chi connectivity index (χ2n) is 6.01. The van der Waals surface area contributed by atoms with Gasteiger partial charge in [-0.2, -0.15) is 0 Å². The Kier molecular flexibility index (Phi) is 5.82. The predicted octanol–water partition coefficient (Wildman–Crippen LogP) is 2.87. The molecular formula is C20H22N4O. The Morgan fingerprint density at radius 1 is 0.760 bits per heavy atom. The van der Waals surface area contributed by atoms with Gasteiger partial charge in [-0.3, -0.25) is 19.9 Å². The molecule has 0 spiro atoms. The molecule has 25 heavy (non-hydrogen) atoms. The van der Waals surface area contributed by atoms with Crippen LogP contribution in [0.5, 0.6) is 0 Å². The standard InChI is InChI=1S/C20H22N4O/c1-16-6-4-8-18(22-16)13-24(12-17-7-2-3-11-21-17)14-19-9-5-10-20(15-25)23-19/h2-11,25H,12-15H2,1H3. The van der Waals surface area contributed by atoms with Crippen molar-refractivity contribution in [2.24, 2.45) is 0 Å². The van der Waals surface area contributed by atoms with E-state index < -0.39 is 0 Å². The van der Waals surface area contributed by atoms with Crippen LogP contribution < -0.4 is 0 Å². The van der Waals surface area contributed by atoms with E-state index in [1.165, 1.54) is 0 Å². The van der Waals surface area contributed by atoms with Gasteiger partial charge < -0.3 is 5.11 Å². The largest absolute Gasteiger partial charge is 0.390 e. The smallest absolute Gasteiger partial charge is 0.0853 e. The molecule has 0 aromatic carbocycles. The first-order valence-corrected chi connectivity index (χ1v) is 8.33. The average molecular weight is 334 g/mol. The zero-order valence-corrected chi connectivity index (χ0v) is 14.3. The van der Waals surface area contributed by atoms with Crippen LogP contribution >= 0.6 is 0 Å². The van der Waals surface area contributed by atoms with E-state index in [1.807, 2.05) is 67.7 Å². The molecule has 0 atom stereocenters. The Morgan fingerprint density at radius 2 is 1.40 bits per heavy atom. The molecular weight excluding hydrogens is 312 g/mol. The maximum absolute atomic E-state index is 9.30. The molecule has 3 rings (SSSR count). The summed E-state index contributed by atoms with van der Waals surface area (Å²) in [5, 5.41) is 9.30. The molecule has 0 radical (unpaired) electrons. The number of aryl methyl sites for hydroxylation is 1. The predicted molar refractivity (Wildman–Crippen MR) is 96.3 cm³/mol. The third kappa shape index (κ3) is 5.17. The van der Waals surface area contributed by atoms with Crippen LogP contribution in [0, 0.1) is 6.92 Å². The van der Waals surface area contributed by atoms with Crippen LogP contribution in [0.3, 0.4) is 0 Å². The van der Waals surface area contributed by atoms with Crippen molar-refractivity contribution >= 4 is 0 Å². The van der Waals surface area contributed by atoms with E-state index in [0.29, 0.717) is 25.3 Å². The topological polar surface area (TPSA) is 62.1 Å². The molecule has 5 heteroatoms. The molecule has 0 saturated carbocycles. The van der Waals surface area contributed by atoms with Crippen LogP contribution in [0.15, 0.2) is 60.8 Å². The lowest BCUT2D eigenvalue weighted by Gasteiger charge is -2.21. The zero-order valence-electron chi connectivity index (χ0n) is 14.3. The molecule has 0 amide bonds. The van der Waals surface area contributed by atoms with Gasteiger partial charge in [0.1, 0.15) is 0 Å². The highest BCUT2D eigenvalue weighted by Gasteiger charge is 2.11. The van der Waals surface area contributed by atoms with E-state index >= 15 is 0 Å². The SMILES string of the molecule is Cc1cccc(CN(Cc2ccccn2)Cc2cccc(CO)n2)n1. The lowest BCUT2D eigenvalue weighted by molar-refractivity contribution is 0.236. The minimum Gasteiger partial charge on any atom is -0.390 e. The molecule has 0 aliphatic heterocycles. The summed E-state index contributed by atoms with van der Waals surface area (Å²) in [6.07, 6.45) is 1.81. The van der Waals surface area contributed by atoms with Gasteiger partial charge in [-0.15, -0.1) is 0 Å². The summed E-state index contributed by atoms with van der Waals surface area (Å²) in [7, 11) is 0. The molecule has 3 aromatic rings. The highest BCUT2D eigenvalue weighted by Crippen LogP contribution is 2.12. The number of hydrogen-bond donors (Lipinski definition) is 1. The summed E-state index contributed by atoms with van der Waals surface area (Å²) < 4.78 is 0. The quantitative estimate of drug-likeness (QED) is 0.720. The van der Waals surface area contributed by atoms with Crippen LogP contribution in [0.25, 0.3) is 0 Å². The molecule has 0 fully saturated rings. The molecule has 3 heterocycles. The van der Waals surface area contributed by atoms with Gasteiger partial charge in [-0.1, -0.05) is 18.2 Å². The number of nitrogens with zero attached hydrogens (tertiary/aromatic N) is 4. The van der Waals surface area contributed by atoms with E-state index in [-0.39, 0.29) is 6.61 Å². The van der Waals surface area contributed by atoms with Gasteiger partial charge in [0.25, 0.3) is 0 Å². The molecule has 5 nitrogen and oxygen atoms in total. The van der Waals surface area contributed by atoms with Crippen molar-refractivity contribution in [3.8, 4) is 0 Å². The van der Waals surface area contributed by atoms with Gasteiger partial charge >= 0.3 is 0 Å². The van der Waals surface area contributed by atoms with E-state index in [1.54, 1.807) is 0 Å². The van der Waals surface area contributed by atoms with E-state index in [0.717, 1.165) is 22.8 Å². The van der Waals surface area contributed by atoms with Crippen molar-refractivity contribution in [1.29, 1.82) is 0 Å². The van der Waals surface area contributed by atoms with Crippen molar-refractivity contribution in [1.82, 2.24) is 19.9 Å². The number of rotatable bonds is 7. The van der Waals surface area contributed by atoms with Crippen LogP contribution in [-0.2, 0) is 26.2 Å². The van der Waals surface area contributed by atoms with Crippen LogP contribution in [0.2, 0.25) is 0 Å². The Balaban J connectivity index is 1.80. The van der Waals surface area contributed by atoms with Crippen molar-refractivity contribution in [2.45, 2.75) is 33.2 Å². The molecule has 0 bridgehead atoms. The summed E-state index contributed by atoms with van der Waals surface area (Å²) in [5.41, 5.74) is 4.65. The third-order valence-corrected chi connectivity index (χ3v) is 3.86. The Hall–Kier alpha value is -2.63. The molecule has 3 aromatic heterocycles. The summed E-state index contributed by atoms with van der Waals surface area (Å²) in [5.74, 6) is 0. The normalized spacial score (nSPS) is 11.0. The van der Waals surface area contributed by atoms with Gasteiger partial charge in [0, 0.05) is 31.5 Å². The summed E-state index contributed by atoms with van der Waals surface area (Å²) >= 11 is 0. The van der Waals surface area contributed by atoms with Crippen LogP contribution in [-0.4, -0.2) is 25.0 Å². The number of aliphatic hydroxyl groups is 1. The molecule has 1 N–H and O–H groups in total. The van der Waals surface area contributed by atoms with E-state index in [9.17, 15) is 5.11 Å². The first kappa shape index (κ1) is 17.2. The minimum atomic E-state index is -0.0481. The maximum atomic E-state index is 9.30. The number of hydrogen-bond acceptors (Lipinski definition) is 5. The van der Waals surface area contributed by atoms with Crippen molar-refractivity contribution < 1.29 is 5.11 Å². The van der Waals surface area contributed by atoms with Crippen LogP contribution in [0.4, 0.5) is 0 Å². The van der Waals surface area contributed by atoms with Gasteiger partial charge in [-0.05, 0) is 43.3 Å². The summed E-state index contributed by atoms with van der Waals surface area (Å²) in [4.78, 5) is 15.8. The lowest BCUT2D eigenvalue weighted by atomic mass is 10.2. The first-order chi connectivity index (χ1) is 12.2. The summed E-state index contributed by atoms with van der Waals surface area (Å²) in [6.45, 7) is 4.04. The van der Waals surface area contributed by atoms with Gasteiger partial charge in [0.15, 0.2) is 0 Å². The van der Waals surface area contributed by atoms with E-state index in [4.69, 9.17) is 0 Å². The Morgan fingerprint density at radius 3 is 2.08 bits per heavy atom. The van der Waals surface area contributed by atoms with E-state index in [2.05, 4.69) is 19.9 Å². The first-order valence-electron chi connectivity index (χ1n) is 8.33. The molecule has 0 saturated heterocycles. The second-order valence-corrected chi connectivity index (χ2v) is 6.01. The number of pyridine rings is 3. The van der Waals surface area contributed by atoms with Crippen LogP contribution in [0.1, 0.15) is 28.5 Å². The number of aliphatic hydroxyl groups excluding tert-OH is 1. The van der Waals surface area contributed by atoms with Gasteiger partial charge in [0.05, 0.1) is 29.4 Å². The highest BCUT2D eigenvalue weighted by atomic mass is 16.3. The average Bonchev–Trinajstić information content (AvgIpc) is 2.63. The fraction of sp³-hybridized carbons (Fsp3) is 0.250. The zero-order chi connectivity index (χ0) is 17.5. The van der Waals surface area contributed by atoms with Crippen molar-refractivity contribution in [2.75, 3.05) is 0 Å². The van der Waals surface area contributed by atoms with Gasteiger partial charge in [0.2, 0.25) is 0 Å². The van der Waals surface area contributed by atoms with Gasteiger partial charge in [-0.25, -0.2) is 0 Å². The fourth-order valence-electron chi connectivity index (χ4n) is 2.74. The molecule has 128 valence electrons. The fourth-order valence-corrected chi connectivity index (χ4v) is 2.74.